The first-order valence-corrected chi connectivity index (χ1v) is 7.34. The lowest BCUT2D eigenvalue weighted by molar-refractivity contribution is -0.136. The van der Waals surface area contributed by atoms with Gasteiger partial charge < -0.3 is 14.6 Å². The van der Waals surface area contributed by atoms with Crippen molar-refractivity contribution < 1.29 is 19.4 Å². The molecule has 0 amide bonds. The maximum Gasteiger partial charge on any atom is 0.303 e. The molecule has 22 heavy (non-hydrogen) atoms. The van der Waals surface area contributed by atoms with Crippen molar-refractivity contribution in [2.24, 2.45) is 0 Å². The van der Waals surface area contributed by atoms with E-state index in [-0.39, 0.29) is 6.42 Å². The number of carbonyl (C=O) groups is 1. The summed E-state index contributed by atoms with van der Waals surface area (Å²) >= 11 is 0. The van der Waals surface area contributed by atoms with Crippen LogP contribution in [0.3, 0.4) is 0 Å². The molecule has 0 aliphatic heterocycles. The average Bonchev–Trinajstić information content (AvgIpc) is 2.53. The van der Waals surface area contributed by atoms with Gasteiger partial charge in [0.05, 0.1) is 6.61 Å². The minimum atomic E-state index is -0.823. The third-order valence-electron chi connectivity index (χ3n) is 3.19. The molecule has 2 rings (SSSR count). The van der Waals surface area contributed by atoms with E-state index in [0.717, 1.165) is 11.1 Å². The van der Waals surface area contributed by atoms with Gasteiger partial charge in [0.15, 0.2) is 11.5 Å². The van der Waals surface area contributed by atoms with Crippen molar-refractivity contribution in [1.82, 2.24) is 0 Å². The molecule has 0 saturated carbocycles. The van der Waals surface area contributed by atoms with Crippen molar-refractivity contribution in [1.29, 1.82) is 0 Å². The molecule has 2 aromatic carbocycles. The molecule has 0 spiro atoms. The van der Waals surface area contributed by atoms with Crippen LogP contribution in [-0.4, -0.2) is 17.7 Å². The predicted molar refractivity (Wildman–Crippen MR) is 84.3 cm³/mol. The molecule has 0 atom stereocenters. The van der Waals surface area contributed by atoms with Crippen LogP contribution in [0.2, 0.25) is 0 Å². The molecule has 4 heteroatoms. The predicted octanol–water partition coefficient (Wildman–Crippen LogP) is 3.68. The van der Waals surface area contributed by atoms with Gasteiger partial charge >= 0.3 is 5.97 Å². The van der Waals surface area contributed by atoms with Crippen molar-refractivity contribution in [3.8, 4) is 11.5 Å². The highest BCUT2D eigenvalue weighted by Crippen LogP contribution is 2.33. The second-order valence-corrected chi connectivity index (χ2v) is 4.85. The number of aliphatic carboxylic acids is 1. The minimum Gasteiger partial charge on any atom is -0.490 e. The van der Waals surface area contributed by atoms with Crippen molar-refractivity contribution in [2.45, 2.75) is 26.4 Å². The van der Waals surface area contributed by atoms with Crippen LogP contribution in [0.4, 0.5) is 0 Å². The smallest absolute Gasteiger partial charge is 0.303 e. The third-order valence-corrected chi connectivity index (χ3v) is 3.19. The molecule has 1 N–H and O–H groups in total. The Labute approximate surface area is 130 Å². The average molecular weight is 300 g/mol. The van der Waals surface area contributed by atoms with Gasteiger partial charge in [0.1, 0.15) is 6.61 Å². The van der Waals surface area contributed by atoms with Crippen molar-refractivity contribution >= 4 is 5.97 Å². The van der Waals surface area contributed by atoms with Gasteiger partial charge in [-0.1, -0.05) is 42.5 Å². The maximum atomic E-state index is 10.8. The fourth-order valence-corrected chi connectivity index (χ4v) is 2.16. The number of hydrogen-bond acceptors (Lipinski definition) is 3. The highest BCUT2D eigenvalue weighted by molar-refractivity contribution is 5.67. The Kier molecular flexibility index (Phi) is 5.83. The fourth-order valence-electron chi connectivity index (χ4n) is 2.16. The Morgan fingerprint density at radius 3 is 2.50 bits per heavy atom. The van der Waals surface area contributed by atoms with Gasteiger partial charge in [-0.05, 0) is 30.5 Å². The topological polar surface area (TPSA) is 55.8 Å². The molecular formula is C18H20O4. The van der Waals surface area contributed by atoms with Gasteiger partial charge in [-0.3, -0.25) is 4.79 Å². The van der Waals surface area contributed by atoms with E-state index >= 15 is 0 Å². The summed E-state index contributed by atoms with van der Waals surface area (Å²) < 4.78 is 11.5. The first-order chi connectivity index (χ1) is 10.7. The lowest BCUT2D eigenvalue weighted by atomic mass is 10.1. The molecule has 116 valence electrons. The van der Waals surface area contributed by atoms with E-state index in [1.54, 1.807) is 0 Å². The largest absolute Gasteiger partial charge is 0.490 e. The number of ether oxygens (including phenoxy) is 2. The first kappa shape index (κ1) is 15.9. The number of carboxylic acid groups (broad SMARTS) is 1. The van der Waals surface area contributed by atoms with Crippen LogP contribution in [-0.2, 0) is 17.8 Å². The summed E-state index contributed by atoms with van der Waals surface area (Å²) in [7, 11) is 0. The van der Waals surface area contributed by atoms with E-state index < -0.39 is 5.97 Å². The molecule has 2 aromatic rings. The number of benzene rings is 2. The second-order valence-electron chi connectivity index (χ2n) is 4.85. The highest BCUT2D eigenvalue weighted by Gasteiger charge is 2.12. The summed E-state index contributed by atoms with van der Waals surface area (Å²) in [4.78, 5) is 10.8. The van der Waals surface area contributed by atoms with Crippen LogP contribution in [0.5, 0.6) is 11.5 Å². The summed E-state index contributed by atoms with van der Waals surface area (Å²) in [5, 5.41) is 8.87. The van der Waals surface area contributed by atoms with Crippen LogP contribution < -0.4 is 9.47 Å². The molecule has 0 fully saturated rings. The highest BCUT2D eigenvalue weighted by atomic mass is 16.5. The quantitative estimate of drug-likeness (QED) is 0.808. The molecule has 0 aromatic heterocycles. The Bertz CT molecular complexity index is 608. The maximum absolute atomic E-state index is 10.8. The van der Waals surface area contributed by atoms with Crippen LogP contribution in [0.1, 0.15) is 24.5 Å². The van der Waals surface area contributed by atoms with Crippen molar-refractivity contribution in [3.05, 3.63) is 59.7 Å². The van der Waals surface area contributed by atoms with Gasteiger partial charge in [0.25, 0.3) is 0 Å². The molecule has 0 aliphatic carbocycles. The van der Waals surface area contributed by atoms with E-state index in [9.17, 15) is 4.79 Å². The van der Waals surface area contributed by atoms with Crippen LogP contribution in [0.15, 0.2) is 48.5 Å². The Hall–Kier alpha value is -2.49. The Morgan fingerprint density at radius 1 is 1.05 bits per heavy atom. The standard InChI is InChI=1S/C18H20O4/c1-2-21-16-10-6-9-15(11-12-17(19)20)18(16)22-13-14-7-4-3-5-8-14/h3-10H,2,11-13H2,1H3,(H,19,20). The van der Waals surface area contributed by atoms with E-state index in [2.05, 4.69) is 0 Å². The third kappa shape index (κ3) is 4.52. The summed E-state index contributed by atoms with van der Waals surface area (Å²) in [6, 6.07) is 15.4. The van der Waals surface area contributed by atoms with Crippen molar-refractivity contribution in [2.75, 3.05) is 6.61 Å². The van der Waals surface area contributed by atoms with Crippen LogP contribution in [0.25, 0.3) is 0 Å². The molecule has 0 saturated heterocycles. The first-order valence-electron chi connectivity index (χ1n) is 7.34. The van der Waals surface area contributed by atoms with Crippen LogP contribution >= 0.6 is 0 Å². The fraction of sp³-hybridized carbons (Fsp3) is 0.278. The summed E-state index contributed by atoms with van der Waals surface area (Å²) in [6.45, 7) is 2.86. The number of para-hydroxylation sites is 1. The van der Waals surface area contributed by atoms with Gasteiger partial charge in [0.2, 0.25) is 0 Å². The molecule has 0 radical (unpaired) electrons. The lowest BCUT2D eigenvalue weighted by Crippen LogP contribution is -2.04. The van der Waals surface area contributed by atoms with Crippen molar-refractivity contribution in [3.63, 3.8) is 0 Å². The summed E-state index contributed by atoms with van der Waals surface area (Å²) in [6.07, 6.45) is 0.484. The number of rotatable bonds is 8. The van der Waals surface area contributed by atoms with E-state index in [1.165, 1.54) is 0 Å². The minimum absolute atomic E-state index is 0.0667. The van der Waals surface area contributed by atoms with Crippen LogP contribution in [0, 0.1) is 0 Å². The zero-order valence-electron chi connectivity index (χ0n) is 12.6. The molecular weight excluding hydrogens is 280 g/mol. The van der Waals surface area contributed by atoms with Gasteiger partial charge in [-0.15, -0.1) is 0 Å². The van der Waals surface area contributed by atoms with Gasteiger partial charge in [0, 0.05) is 6.42 Å². The Balaban J connectivity index is 2.18. The number of hydrogen-bond donors (Lipinski definition) is 1. The van der Waals surface area contributed by atoms with Gasteiger partial charge in [-0.25, -0.2) is 0 Å². The van der Waals surface area contributed by atoms with E-state index in [4.69, 9.17) is 14.6 Å². The summed E-state index contributed by atoms with van der Waals surface area (Å²) in [5.41, 5.74) is 1.90. The monoisotopic (exact) mass is 300 g/mol. The second kappa shape index (κ2) is 8.08. The summed E-state index contributed by atoms with van der Waals surface area (Å²) in [5.74, 6) is 0.464. The van der Waals surface area contributed by atoms with E-state index in [0.29, 0.717) is 31.1 Å². The van der Waals surface area contributed by atoms with Gasteiger partial charge in [-0.2, -0.15) is 0 Å². The molecule has 0 aliphatic rings. The molecule has 0 bridgehead atoms. The molecule has 0 heterocycles. The zero-order valence-corrected chi connectivity index (χ0v) is 12.6. The lowest BCUT2D eigenvalue weighted by Gasteiger charge is -2.15. The zero-order chi connectivity index (χ0) is 15.8. The molecule has 4 nitrogen and oxygen atoms in total. The Morgan fingerprint density at radius 2 is 1.82 bits per heavy atom. The number of aryl methyl sites for hydroxylation is 1. The molecule has 0 unspecified atom stereocenters. The van der Waals surface area contributed by atoms with E-state index in [1.807, 2.05) is 55.5 Å². The number of carboxylic acids is 1. The SMILES string of the molecule is CCOc1cccc(CCC(=O)O)c1OCc1ccccc1. The normalized spacial score (nSPS) is 10.2.